The number of hydrogen-bond donors (Lipinski definition) is 3. The molecule has 2 unspecified atom stereocenters. The molecule has 0 saturated carbocycles. The lowest BCUT2D eigenvalue weighted by molar-refractivity contribution is -0.179. The van der Waals surface area contributed by atoms with Crippen molar-refractivity contribution in [3.05, 3.63) is 0 Å². The van der Waals surface area contributed by atoms with Crippen LogP contribution >= 0.6 is 0 Å². The molecule has 0 bridgehead atoms. The molecular formula is C8H17NO4. The molecule has 4 N–H and O–H groups in total. The van der Waals surface area contributed by atoms with Gasteiger partial charge in [-0.3, -0.25) is 4.79 Å². The molecule has 0 saturated heterocycles. The van der Waals surface area contributed by atoms with Gasteiger partial charge < -0.3 is 20.7 Å². The molecule has 0 aromatic carbocycles. The van der Waals surface area contributed by atoms with Crippen molar-refractivity contribution in [2.75, 3.05) is 0 Å². The molecule has 0 aliphatic carbocycles. The van der Waals surface area contributed by atoms with Gasteiger partial charge in [0.15, 0.2) is 6.29 Å². The summed E-state index contributed by atoms with van der Waals surface area (Å²) in [5, 5.41) is 17.7. The highest BCUT2D eigenvalue weighted by Gasteiger charge is 2.23. The van der Waals surface area contributed by atoms with Gasteiger partial charge in [-0.25, -0.2) is 0 Å². The van der Waals surface area contributed by atoms with Gasteiger partial charge in [0.1, 0.15) is 0 Å². The number of aliphatic carboxylic acids is 1. The van der Waals surface area contributed by atoms with Crippen LogP contribution in [0.2, 0.25) is 0 Å². The van der Waals surface area contributed by atoms with Gasteiger partial charge in [-0.05, 0) is 20.8 Å². The molecule has 0 aliphatic rings. The number of carbonyl (C=O) groups is 1. The van der Waals surface area contributed by atoms with Crippen LogP contribution in [-0.2, 0) is 9.53 Å². The summed E-state index contributed by atoms with van der Waals surface area (Å²) in [4.78, 5) is 10.2. The number of aliphatic hydroxyl groups is 1. The van der Waals surface area contributed by atoms with E-state index in [1.807, 2.05) is 0 Å². The largest absolute Gasteiger partial charge is 0.481 e. The molecule has 0 rings (SSSR count). The van der Waals surface area contributed by atoms with Crippen molar-refractivity contribution >= 4 is 5.97 Å². The first-order chi connectivity index (χ1) is 5.72. The van der Waals surface area contributed by atoms with Crippen molar-refractivity contribution in [2.24, 2.45) is 5.73 Å². The van der Waals surface area contributed by atoms with Crippen LogP contribution in [0.25, 0.3) is 0 Å². The van der Waals surface area contributed by atoms with Crippen molar-refractivity contribution < 1.29 is 19.7 Å². The molecular weight excluding hydrogens is 174 g/mol. The first-order valence-corrected chi connectivity index (χ1v) is 4.05. The number of hydrogen-bond acceptors (Lipinski definition) is 4. The standard InChI is InChI=1S/C8H17NO4/c1-8(2,3)13-7(12)5(9)4-6(10)11/h5,7,12H,4,9H2,1-3H3,(H,10,11). The Labute approximate surface area is 77.5 Å². The minimum Gasteiger partial charge on any atom is -0.481 e. The third kappa shape index (κ3) is 6.51. The van der Waals surface area contributed by atoms with E-state index < -0.39 is 23.9 Å². The van der Waals surface area contributed by atoms with Crippen LogP contribution in [0, 0.1) is 0 Å². The number of ether oxygens (including phenoxy) is 1. The van der Waals surface area contributed by atoms with Crippen LogP contribution in [0.15, 0.2) is 0 Å². The maximum Gasteiger partial charge on any atom is 0.305 e. The predicted octanol–water partition coefficient (Wildman–Crippen LogP) is -0.0781. The summed E-state index contributed by atoms with van der Waals surface area (Å²) in [6.45, 7) is 5.26. The van der Waals surface area contributed by atoms with Gasteiger partial charge in [0.2, 0.25) is 0 Å². The first-order valence-electron chi connectivity index (χ1n) is 4.05. The van der Waals surface area contributed by atoms with E-state index in [-0.39, 0.29) is 6.42 Å². The SMILES string of the molecule is CC(C)(C)OC(O)C(N)CC(=O)O. The van der Waals surface area contributed by atoms with Crippen molar-refractivity contribution in [1.29, 1.82) is 0 Å². The zero-order valence-electron chi connectivity index (χ0n) is 8.15. The molecule has 5 nitrogen and oxygen atoms in total. The molecule has 0 aromatic rings. The lowest BCUT2D eigenvalue weighted by Crippen LogP contribution is -2.42. The second-order valence-electron chi connectivity index (χ2n) is 3.88. The molecule has 0 aromatic heterocycles. The van der Waals surface area contributed by atoms with Crippen molar-refractivity contribution in [3.8, 4) is 0 Å². The van der Waals surface area contributed by atoms with E-state index >= 15 is 0 Å². The van der Waals surface area contributed by atoms with Gasteiger partial charge in [0.25, 0.3) is 0 Å². The van der Waals surface area contributed by atoms with Crippen LogP contribution in [0.4, 0.5) is 0 Å². The molecule has 2 atom stereocenters. The number of rotatable bonds is 4. The smallest absolute Gasteiger partial charge is 0.305 e. The van der Waals surface area contributed by atoms with Gasteiger partial charge in [-0.2, -0.15) is 0 Å². The molecule has 78 valence electrons. The molecule has 0 heterocycles. The summed E-state index contributed by atoms with van der Waals surface area (Å²) >= 11 is 0. The Kier molecular flexibility index (Phi) is 4.32. The Hall–Kier alpha value is -0.650. The molecule has 0 amide bonds. The van der Waals surface area contributed by atoms with E-state index in [1.54, 1.807) is 20.8 Å². The molecule has 13 heavy (non-hydrogen) atoms. The molecule has 0 aliphatic heterocycles. The van der Waals surface area contributed by atoms with Crippen LogP contribution in [0.3, 0.4) is 0 Å². The lowest BCUT2D eigenvalue weighted by atomic mass is 10.1. The highest BCUT2D eigenvalue weighted by molar-refractivity contribution is 5.67. The van der Waals surface area contributed by atoms with Crippen molar-refractivity contribution in [2.45, 2.75) is 45.1 Å². The Morgan fingerprint density at radius 1 is 1.54 bits per heavy atom. The Morgan fingerprint density at radius 3 is 2.31 bits per heavy atom. The van der Waals surface area contributed by atoms with Crippen LogP contribution in [0.1, 0.15) is 27.2 Å². The number of nitrogens with two attached hydrogens (primary N) is 1. The molecule has 0 fully saturated rings. The molecule has 5 heteroatoms. The van der Waals surface area contributed by atoms with Gasteiger partial charge in [0.05, 0.1) is 18.1 Å². The monoisotopic (exact) mass is 191 g/mol. The summed E-state index contributed by atoms with van der Waals surface area (Å²) in [7, 11) is 0. The fraction of sp³-hybridized carbons (Fsp3) is 0.875. The van der Waals surface area contributed by atoms with Crippen molar-refractivity contribution in [3.63, 3.8) is 0 Å². The third-order valence-corrected chi connectivity index (χ3v) is 1.25. The highest BCUT2D eigenvalue weighted by atomic mass is 16.6. The van der Waals surface area contributed by atoms with Gasteiger partial charge in [-0.15, -0.1) is 0 Å². The number of aliphatic hydroxyl groups excluding tert-OH is 1. The second kappa shape index (κ2) is 4.55. The zero-order valence-corrected chi connectivity index (χ0v) is 8.15. The summed E-state index contributed by atoms with van der Waals surface area (Å²) < 4.78 is 5.07. The second-order valence-corrected chi connectivity index (χ2v) is 3.88. The summed E-state index contributed by atoms with van der Waals surface area (Å²) in [6.07, 6.45) is -1.55. The first kappa shape index (κ1) is 12.3. The topological polar surface area (TPSA) is 92.8 Å². The fourth-order valence-electron chi connectivity index (χ4n) is 0.752. The minimum absolute atomic E-state index is 0.308. The van der Waals surface area contributed by atoms with E-state index in [4.69, 9.17) is 15.6 Å². The maximum atomic E-state index is 10.2. The van der Waals surface area contributed by atoms with Gasteiger partial charge in [-0.1, -0.05) is 0 Å². The van der Waals surface area contributed by atoms with Crippen LogP contribution in [0.5, 0.6) is 0 Å². The third-order valence-electron chi connectivity index (χ3n) is 1.25. The maximum absolute atomic E-state index is 10.2. The highest BCUT2D eigenvalue weighted by Crippen LogP contribution is 2.11. The zero-order chi connectivity index (χ0) is 10.6. The van der Waals surface area contributed by atoms with Crippen LogP contribution < -0.4 is 5.73 Å². The number of carboxylic acids is 1. The van der Waals surface area contributed by atoms with Crippen LogP contribution in [-0.4, -0.2) is 34.1 Å². The summed E-state index contributed by atoms with van der Waals surface area (Å²) in [5.74, 6) is -1.05. The van der Waals surface area contributed by atoms with E-state index in [9.17, 15) is 9.90 Å². The Morgan fingerprint density at radius 2 is 2.00 bits per heavy atom. The average molecular weight is 191 g/mol. The van der Waals surface area contributed by atoms with E-state index in [0.717, 1.165) is 0 Å². The van der Waals surface area contributed by atoms with E-state index in [1.165, 1.54) is 0 Å². The Balaban J connectivity index is 3.96. The minimum atomic E-state index is -1.24. The van der Waals surface area contributed by atoms with E-state index in [0.29, 0.717) is 0 Å². The molecule has 0 radical (unpaired) electrons. The quantitative estimate of drug-likeness (QED) is 0.540. The van der Waals surface area contributed by atoms with E-state index in [2.05, 4.69) is 0 Å². The normalized spacial score (nSPS) is 16.7. The number of carboxylic acid groups (broad SMARTS) is 1. The van der Waals surface area contributed by atoms with Crippen molar-refractivity contribution in [1.82, 2.24) is 0 Å². The summed E-state index contributed by atoms with van der Waals surface area (Å²) in [6, 6.07) is -0.892. The average Bonchev–Trinajstić information content (AvgIpc) is 1.81. The predicted molar refractivity (Wildman–Crippen MR) is 47.1 cm³/mol. The fourth-order valence-corrected chi connectivity index (χ4v) is 0.752. The molecule has 0 spiro atoms. The van der Waals surface area contributed by atoms with Gasteiger partial charge >= 0.3 is 5.97 Å². The summed E-state index contributed by atoms with van der Waals surface area (Å²) in [5.41, 5.74) is 4.84. The van der Waals surface area contributed by atoms with Gasteiger partial charge in [0, 0.05) is 0 Å². The Bertz CT molecular complexity index is 175. The lowest BCUT2D eigenvalue weighted by Gasteiger charge is -2.26.